The molecular weight excluding hydrogens is 459 g/mol. The average molecular weight is 477 g/mol. The molecule has 2 aliphatic rings. The smallest absolute Gasteiger partial charge is 0.227 e. The van der Waals surface area contributed by atoms with Crippen LogP contribution in [-0.2, 0) is 0 Å². The lowest BCUT2D eigenvalue weighted by atomic mass is 9.84. The van der Waals surface area contributed by atoms with Crippen molar-refractivity contribution in [2.24, 2.45) is 0 Å². The van der Waals surface area contributed by atoms with Gasteiger partial charge in [0.15, 0.2) is 0 Å². The van der Waals surface area contributed by atoms with Crippen LogP contribution in [0.2, 0.25) is 5.02 Å². The highest BCUT2D eigenvalue weighted by Crippen LogP contribution is 2.51. The molecule has 0 spiro atoms. The van der Waals surface area contributed by atoms with Crippen LogP contribution in [-0.4, -0.2) is 21.0 Å². The van der Waals surface area contributed by atoms with Crippen LogP contribution in [0.1, 0.15) is 28.8 Å². The third-order valence-corrected chi connectivity index (χ3v) is 6.71. The molecular formula is C25H18ClFN4OS. The maximum atomic E-state index is 15.2. The second-order valence-electron chi connectivity index (χ2n) is 7.79. The first kappa shape index (κ1) is 20.3. The van der Waals surface area contributed by atoms with Crippen molar-refractivity contribution in [1.29, 1.82) is 0 Å². The van der Waals surface area contributed by atoms with Gasteiger partial charge in [-0.05, 0) is 42.2 Å². The van der Waals surface area contributed by atoms with Crippen LogP contribution in [0.3, 0.4) is 0 Å². The summed E-state index contributed by atoms with van der Waals surface area (Å²) in [7, 11) is 0. The van der Waals surface area contributed by atoms with Crippen LogP contribution in [0, 0.1) is 5.82 Å². The highest BCUT2D eigenvalue weighted by molar-refractivity contribution is 7.98. The molecule has 164 valence electrons. The number of nitrogens with zero attached hydrogens (tertiary/aromatic N) is 3. The second kappa shape index (κ2) is 7.93. The van der Waals surface area contributed by atoms with Crippen molar-refractivity contribution in [3.63, 3.8) is 0 Å². The summed E-state index contributed by atoms with van der Waals surface area (Å²) in [5.74, 6) is 1.00. The van der Waals surface area contributed by atoms with Crippen molar-refractivity contribution in [2.75, 3.05) is 11.6 Å². The molecule has 8 heteroatoms. The summed E-state index contributed by atoms with van der Waals surface area (Å²) < 4.78 is 23.5. The Kier molecular flexibility index (Phi) is 4.89. The Morgan fingerprint density at radius 2 is 1.79 bits per heavy atom. The monoisotopic (exact) mass is 476 g/mol. The second-order valence-corrected chi connectivity index (χ2v) is 9.00. The predicted octanol–water partition coefficient (Wildman–Crippen LogP) is 6.35. The molecule has 0 saturated heterocycles. The van der Waals surface area contributed by atoms with E-state index in [-0.39, 0.29) is 5.82 Å². The van der Waals surface area contributed by atoms with E-state index in [1.165, 1.54) is 17.8 Å². The number of rotatable bonds is 3. The Hall–Kier alpha value is -3.29. The molecule has 33 heavy (non-hydrogen) atoms. The van der Waals surface area contributed by atoms with Gasteiger partial charge >= 0.3 is 0 Å². The molecule has 4 aromatic rings. The van der Waals surface area contributed by atoms with Crippen LogP contribution in [0.15, 0.2) is 83.5 Å². The number of anilines is 1. The minimum absolute atomic E-state index is 0.308. The molecule has 0 bridgehead atoms. The third kappa shape index (κ3) is 3.31. The summed E-state index contributed by atoms with van der Waals surface area (Å²) >= 11 is 7.60. The zero-order valence-electron chi connectivity index (χ0n) is 17.5. The molecule has 2 atom stereocenters. The quantitative estimate of drug-likeness (QED) is 0.349. The predicted molar refractivity (Wildman–Crippen MR) is 128 cm³/mol. The zero-order valence-corrected chi connectivity index (χ0v) is 19.1. The van der Waals surface area contributed by atoms with Crippen LogP contribution in [0.5, 0.6) is 5.75 Å². The number of hydrogen-bond donors (Lipinski definition) is 1. The number of nitrogens with one attached hydrogen (secondary N) is 1. The van der Waals surface area contributed by atoms with Crippen molar-refractivity contribution in [3.05, 3.63) is 106 Å². The SMILES string of the molecule is CSc1nc2n(n1)[C@H](c1ccccc1F)C1=C(N2)c2ccccc2O[C@H]1c1ccc(Cl)cc1. The number of hydrogen-bond acceptors (Lipinski definition) is 5. The van der Waals surface area contributed by atoms with Crippen LogP contribution in [0.4, 0.5) is 10.3 Å². The Labute approximate surface area is 199 Å². The molecule has 6 rings (SSSR count). The lowest BCUT2D eigenvalue weighted by Crippen LogP contribution is -2.32. The van der Waals surface area contributed by atoms with E-state index >= 15 is 4.39 Å². The van der Waals surface area contributed by atoms with Crippen molar-refractivity contribution in [3.8, 4) is 5.75 Å². The summed E-state index contributed by atoms with van der Waals surface area (Å²) in [6.07, 6.45) is 1.45. The van der Waals surface area contributed by atoms with Crippen molar-refractivity contribution >= 4 is 35.0 Å². The van der Waals surface area contributed by atoms with Gasteiger partial charge in [-0.2, -0.15) is 4.98 Å². The molecule has 0 fully saturated rings. The number of thioether (sulfide) groups is 1. The minimum Gasteiger partial charge on any atom is -0.480 e. The van der Waals surface area contributed by atoms with Crippen molar-refractivity contribution < 1.29 is 9.13 Å². The lowest BCUT2D eigenvalue weighted by molar-refractivity contribution is 0.222. The first-order chi connectivity index (χ1) is 16.1. The Balaban J connectivity index is 1.65. The summed E-state index contributed by atoms with van der Waals surface area (Å²) in [6, 6.07) is 21.6. The van der Waals surface area contributed by atoms with E-state index in [1.807, 2.05) is 60.9 Å². The van der Waals surface area contributed by atoms with E-state index in [1.54, 1.807) is 16.8 Å². The number of fused-ring (bicyclic) bond motifs is 3. The van der Waals surface area contributed by atoms with Crippen LogP contribution >= 0.6 is 23.4 Å². The molecule has 0 radical (unpaired) electrons. The van der Waals surface area contributed by atoms with Gasteiger partial charge in [-0.1, -0.05) is 65.8 Å². The Morgan fingerprint density at radius 1 is 1.03 bits per heavy atom. The molecule has 0 saturated carbocycles. The molecule has 2 aliphatic heterocycles. The highest BCUT2D eigenvalue weighted by Gasteiger charge is 2.42. The first-order valence-electron chi connectivity index (χ1n) is 10.4. The molecule has 0 amide bonds. The fourth-order valence-electron chi connectivity index (χ4n) is 4.45. The van der Waals surface area contributed by atoms with Gasteiger partial charge in [0, 0.05) is 21.7 Å². The number of halogens is 2. The van der Waals surface area contributed by atoms with E-state index < -0.39 is 12.1 Å². The third-order valence-electron chi connectivity index (χ3n) is 5.92. The van der Waals surface area contributed by atoms with Gasteiger partial charge in [0.1, 0.15) is 23.7 Å². The standard InChI is InChI=1S/C25H18ClFN4OS/c1-33-25-29-24-28-21-17-7-3-5-9-19(17)32-23(14-10-12-15(26)13-11-14)20(21)22(31(24)30-25)16-6-2-4-8-18(16)27/h2-13,22-23H,1H3,(H,28,29,30)/t22-,23+/m1/s1. The van der Waals surface area contributed by atoms with Crippen LogP contribution < -0.4 is 10.1 Å². The van der Waals surface area contributed by atoms with Crippen molar-refractivity contribution in [1.82, 2.24) is 14.8 Å². The fraction of sp³-hybridized carbons (Fsp3) is 0.120. The van der Waals surface area contributed by atoms with E-state index in [0.717, 1.165) is 28.1 Å². The number of aromatic nitrogens is 3. The van der Waals surface area contributed by atoms with Gasteiger partial charge in [0.2, 0.25) is 11.1 Å². The zero-order chi connectivity index (χ0) is 22.5. The topological polar surface area (TPSA) is 52.0 Å². The van der Waals surface area contributed by atoms with Gasteiger partial charge < -0.3 is 10.1 Å². The summed E-state index contributed by atoms with van der Waals surface area (Å²) in [5.41, 5.74) is 4.05. The molecule has 0 unspecified atom stereocenters. The molecule has 3 aromatic carbocycles. The Morgan fingerprint density at radius 3 is 2.58 bits per heavy atom. The molecule has 0 aliphatic carbocycles. The summed E-state index contributed by atoms with van der Waals surface area (Å²) in [4.78, 5) is 4.64. The average Bonchev–Trinajstić information content (AvgIpc) is 3.26. The van der Waals surface area contributed by atoms with Gasteiger partial charge in [-0.15, -0.1) is 5.10 Å². The van der Waals surface area contributed by atoms with Crippen molar-refractivity contribution in [2.45, 2.75) is 17.3 Å². The molecule has 1 aromatic heterocycles. The van der Waals surface area contributed by atoms with E-state index in [2.05, 4.69) is 15.4 Å². The molecule has 1 N–H and O–H groups in total. The van der Waals surface area contributed by atoms with Gasteiger partial charge in [-0.25, -0.2) is 9.07 Å². The fourth-order valence-corrected chi connectivity index (χ4v) is 4.93. The first-order valence-corrected chi connectivity index (χ1v) is 12.0. The number of benzene rings is 3. The lowest BCUT2D eigenvalue weighted by Gasteiger charge is -2.39. The maximum Gasteiger partial charge on any atom is 0.227 e. The van der Waals surface area contributed by atoms with Crippen LogP contribution in [0.25, 0.3) is 5.70 Å². The van der Waals surface area contributed by atoms with Gasteiger partial charge in [0.25, 0.3) is 0 Å². The maximum absolute atomic E-state index is 15.2. The van der Waals surface area contributed by atoms with E-state index in [4.69, 9.17) is 16.3 Å². The molecule has 3 heterocycles. The molecule has 5 nitrogen and oxygen atoms in total. The number of para-hydroxylation sites is 1. The summed E-state index contributed by atoms with van der Waals surface area (Å²) in [5, 5.41) is 9.40. The van der Waals surface area contributed by atoms with Gasteiger partial charge in [-0.3, -0.25) is 0 Å². The van der Waals surface area contributed by atoms with E-state index in [9.17, 15) is 0 Å². The van der Waals surface area contributed by atoms with E-state index in [0.29, 0.717) is 21.7 Å². The highest BCUT2D eigenvalue weighted by atomic mass is 35.5. The minimum atomic E-state index is -0.542. The Bertz CT molecular complexity index is 1400. The van der Waals surface area contributed by atoms with Gasteiger partial charge in [0.05, 0.1) is 5.70 Å². The normalized spacial score (nSPS) is 18.6. The summed E-state index contributed by atoms with van der Waals surface area (Å²) in [6.45, 7) is 0. The largest absolute Gasteiger partial charge is 0.480 e. The number of ether oxygens (including phenoxy) is 1.